The number of halogens is 1. The lowest BCUT2D eigenvalue weighted by Gasteiger charge is -2.26. The number of carbonyl (C=O) groups is 2. The summed E-state index contributed by atoms with van der Waals surface area (Å²) in [7, 11) is 0. The minimum absolute atomic E-state index is 0.0321. The third-order valence-corrected chi connectivity index (χ3v) is 6.60. The molecular formula is C30H28FNO5. The smallest absolute Gasteiger partial charge is 0.295 e. The zero-order valence-electron chi connectivity index (χ0n) is 20.7. The van der Waals surface area contributed by atoms with Gasteiger partial charge in [-0.1, -0.05) is 24.3 Å². The number of ketones is 1. The molecule has 2 aliphatic heterocycles. The molecule has 2 aliphatic rings. The molecule has 1 saturated heterocycles. The molecule has 0 spiro atoms. The van der Waals surface area contributed by atoms with Gasteiger partial charge in [0.25, 0.3) is 11.7 Å². The summed E-state index contributed by atoms with van der Waals surface area (Å²) in [5.41, 5.74) is 2.92. The molecular weight excluding hydrogens is 473 g/mol. The van der Waals surface area contributed by atoms with E-state index in [0.717, 1.165) is 16.9 Å². The van der Waals surface area contributed by atoms with Gasteiger partial charge in [0.05, 0.1) is 24.3 Å². The summed E-state index contributed by atoms with van der Waals surface area (Å²) >= 11 is 0. The van der Waals surface area contributed by atoms with E-state index in [2.05, 4.69) is 0 Å². The summed E-state index contributed by atoms with van der Waals surface area (Å²) in [5, 5.41) is 11.4. The van der Waals surface area contributed by atoms with Crippen LogP contribution in [0.15, 0.2) is 72.3 Å². The predicted molar refractivity (Wildman–Crippen MR) is 137 cm³/mol. The summed E-state index contributed by atoms with van der Waals surface area (Å²) in [5.74, 6) is -0.636. The molecule has 0 radical (unpaired) electrons. The number of carbonyl (C=O) groups excluding carboxylic acids is 2. The van der Waals surface area contributed by atoms with Gasteiger partial charge >= 0.3 is 0 Å². The van der Waals surface area contributed by atoms with Crippen LogP contribution in [0.25, 0.3) is 5.76 Å². The summed E-state index contributed by atoms with van der Waals surface area (Å²) < 4.78 is 24.8. The Balaban J connectivity index is 1.57. The highest BCUT2D eigenvalue weighted by molar-refractivity contribution is 6.46. The number of rotatable bonds is 7. The zero-order chi connectivity index (χ0) is 26.1. The van der Waals surface area contributed by atoms with Crippen molar-refractivity contribution in [3.8, 4) is 11.5 Å². The molecule has 1 amide bonds. The van der Waals surface area contributed by atoms with Crippen molar-refractivity contribution in [2.75, 3.05) is 13.2 Å². The van der Waals surface area contributed by atoms with Crippen LogP contribution in [0.3, 0.4) is 0 Å². The Morgan fingerprint density at radius 2 is 1.89 bits per heavy atom. The first kappa shape index (κ1) is 24.6. The first-order valence-corrected chi connectivity index (χ1v) is 12.4. The molecule has 3 aromatic carbocycles. The van der Waals surface area contributed by atoms with E-state index in [1.54, 1.807) is 42.5 Å². The molecule has 3 aromatic rings. The lowest BCUT2D eigenvalue weighted by Crippen LogP contribution is -2.31. The maximum Gasteiger partial charge on any atom is 0.295 e. The number of aliphatic hydroxyl groups excluding tert-OH is 1. The van der Waals surface area contributed by atoms with Crippen LogP contribution in [-0.4, -0.2) is 41.0 Å². The number of nitrogens with zero attached hydrogens (tertiary/aromatic N) is 1. The van der Waals surface area contributed by atoms with E-state index in [-0.39, 0.29) is 29.8 Å². The molecule has 6 nitrogen and oxygen atoms in total. The van der Waals surface area contributed by atoms with E-state index in [4.69, 9.17) is 9.47 Å². The summed E-state index contributed by atoms with van der Waals surface area (Å²) in [4.78, 5) is 28.1. The van der Waals surface area contributed by atoms with Gasteiger partial charge in [-0.15, -0.1) is 0 Å². The Hall–Kier alpha value is -4.13. The van der Waals surface area contributed by atoms with Crippen molar-refractivity contribution in [3.05, 3.63) is 100 Å². The van der Waals surface area contributed by atoms with E-state index < -0.39 is 17.7 Å². The number of hydrogen-bond donors (Lipinski definition) is 1. The number of ether oxygens (including phenoxy) is 2. The maximum absolute atomic E-state index is 13.4. The normalized spacial score (nSPS) is 18.3. The average molecular weight is 502 g/mol. The second kappa shape index (κ2) is 10.1. The van der Waals surface area contributed by atoms with Gasteiger partial charge in [-0.25, -0.2) is 4.39 Å². The standard InChI is InChI=1S/C30H28FNO5/c1-18(2)37-24-5-3-4-21(17-24)27-26(28(33)22-8-11-25-20(16-22)13-15-36-25)29(34)30(35)32(27)14-12-19-6-9-23(31)10-7-19/h3-11,16-18,27,33H,12-15H2,1-2H3/b28-26-. The van der Waals surface area contributed by atoms with Crippen molar-refractivity contribution in [1.29, 1.82) is 0 Å². The van der Waals surface area contributed by atoms with Gasteiger partial charge in [0.15, 0.2) is 0 Å². The molecule has 1 N–H and O–H groups in total. The van der Waals surface area contributed by atoms with Crippen molar-refractivity contribution in [2.24, 2.45) is 0 Å². The van der Waals surface area contributed by atoms with Crippen LogP contribution in [0.4, 0.5) is 4.39 Å². The minimum atomic E-state index is -0.805. The fourth-order valence-corrected chi connectivity index (χ4v) is 4.88. The summed E-state index contributed by atoms with van der Waals surface area (Å²) in [6.45, 7) is 4.61. The summed E-state index contributed by atoms with van der Waals surface area (Å²) in [6.07, 6.45) is 1.07. The fraction of sp³-hybridized carbons (Fsp3) is 0.267. The predicted octanol–water partition coefficient (Wildman–Crippen LogP) is 5.21. The monoisotopic (exact) mass is 501 g/mol. The molecule has 0 bridgehead atoms. The molecule has 1 fully saturated rings. The van der Waals surface area contributed by atoms with Crippen LogP contribution >= 0.6 is 0 Å². The van der Waals surface area contributed by atoms with E-state index in [9.17, 15) is 19.1 Å². The van der Waals surface area contributed by atoms with Crippen molar-refractivity contribution in [2.45, 2.75) is 38.8 Å². The Kier molecular flexibility index (Phi) is 6.70. The molecule has 1 atom stereocenters. The van der Waals surface area contributed by atoms with Gasteiger partial charge in [0.2, 0.25) is 0 Å². The van der Waals surface area contributed by atoms with Gasteiger partial charge in [-0.2, -0.15) is 0 Å². The minimum Gasteiger partial charge on any atom is -0.507 e. The number of Topliss-reactive ketones (excluding diaryl/α,β-unsaturated/α-hetero) is 1. The van der Waals surface area contributed by atoms with Crippen molar-refractivity contribution >= 4 is 17.4 Å². The Morgan fingerprint density at radius 3 is 2.65 bits per heavy atom. The number of likely N-dealkylation sites (tertiary alicyclic amines) is 1. The maximum atomic E-state index is 13.4. The molecule has 5 rings (SSSR count). The topological polar surface area (TPSA) is 76.1 Å². The first-order chi connectivity index (χ1) is 17.8. The van der Waals surface area contributed by atoms with Crippen LogP contribution in [0.2, 0.25) is 0 Å². The number of hydrogen-bond acceptors (Lipinski definition) is 5. The first-order valence-electron chi connectivity index (χ1n) is 12.4. The van der Waals surface area contributed by atoms with Gasteiger partial charge in [0.1, 0.15) is 23.1 Å². The van der Waals surface area contributed by atoms with Crippen molar-refractivity contribution in [1.82, 2.24) is 4.90 Å². The fourth-order valence-electron chi connectivity index (χ4n) is 4.88. The Bertz CT molecular complexity index is 1380. The van der Waals surface area contributed by atoms with Crippen molar-refractivity contribution < 1.29 is 28.6 Å². The Labute approximate surface area is 214 Å². The van der Waals surface area contributed by atoms with E-state index in [0.29, 0.717) is 36.3 Å². The highest BCUT2D eigenvalue weighted by atomic mass is 19.1. The van der Waals surface area contributed by atoms with Crippen LogP contribution in [-0.2, 0) is 22.4 Å². The van der Waals surface area contributed by atoms with E-state index in [1.807, 2.05) is 26.0 Å². The third-order valence-electron chi connectivity index (χ3n) is 6.60. The molecule has 2 heterocycles. The SMILES string of the molecule is CC(C)Oc1cccc(C2/C(=C(/O)c3ccc4c(c3)CCO4)C(=O)C(=O)N2CCc2ccc(F)cc2)c1. The van der Waals surface area contributed by atoms with Crippen LogP contribution < -0.4 is 9.47 Å². The quantitative estimate of drug-likeness (QED) is 0.273. The molecule has 37 heavy (non-hydrogen) atoms. The van der Waals surface area contributed by atoms with E-state index >= 15 is 0 Å². The highest BCUT2D eigenvalue weighted by Crippen LogP contribution is 2.41. The van der Waals surface area contributed by atoms with Crippen molar-refractivity contribution in [3.63, 3.8) is 0 Å². The summed E-state index contributed by atoms with van der Waals surface area (Å²) in [6, 6.07) is 17.7. The Morgan fingerprint density at radius 1 is 1.11 bits per heavy atom. The molecule has 0 aromatic heterocycles. The lowest BCUT2D eigenvalue weighted by molar-refractivity contribution is -0.139. The van der Waals surface area contributed by atoms with Crippen LogP contribution in [0.5, 0.6) is 11.5 Å². The largest absolute Gasteiger partial charge is 0.507 e. The molecule has 0 aliphatic carbocycles. The highest BCUT2D eigenvalue weighted by Gasteiger charge is 2.46. The third kappa shape index (κ3) is 4.94. The number of benzene rings is 3. The van der Waals surface area contributed by atoms with Gasteiger partial charge in [-0.3, -0.25) is 9.59 Å². The zero-order valence-corrected chi connectivity index (χ0v) is 20.7. The van der Waals surface area contributed by atoms with Gasteiger partial charge in [0, 0.05) is 18.5 Å². The molecule has 7 heteroatoms. The molecule has 1 unspecified atom stereocenters. The van der Waals surface area contributed by atoms with Gasteiger partial charge < -0.3 is 19.5 Å². The molecule has 0 saturated carbocycles. The lowest BCUT2D eigenvalue weighted by atomic mass is 9.94. The van der Waals surface area contributed by atoms with E-state index in [1.165, 1.54) is 17.0 Å². The average Bonchev–Trinajstić information content (AvgIpc) is 3.45. The molecule has 190 valence electrons. The second-order valence-electron chi connectivity index (χ2n) is 9.53. The number of aliphatic hydroxyl groups is 1. The number of fused-ring (bicyclic) bond motifs is 1. The van der Waals surface area contributed by atoms with Crippen LogP contribution in [0.1, 0.15) is 42.1 Å². The van der Waals surface area contributed by atoms with Gasteiger partial charge in [-0.05, 0) is 79.4 Å². The number of amides is 1. The van der Waals surface area contributed by atoms with Crippen LogP contribution in [0, 0.1) is 5.82 Å². The second-order valence-corrected chi connectivity index (χ2v) is 9.53.